The van der Waals surface area contributed by atoms with Crippen LogP contribution in [0.4, 0.5) is 5.69 Å². The number of carbonyl (C=O) groups excluding carboxylic acids is 2. The van der Waals surface area contributed by atoms with Crippen LogP contribution in [-0.4, -0.2) is 31.6 Å². The molecule has 1 amide bonds. The minimum Gasteiger partial charge on any atom is -0.462 e. The fraction of sp³-hybridized carbons (Fsp3) is 0.529. The first-order valence-electron chi connectivity index (χ1n) is 7.96. The van der Waals surface area contributed by atoms with Gasteiger partial charge in [-0.2, -0.15) is 0 Å². The van der Waals surface area contributed by atoms with Crippen molar-refractivity contribution in [2.45, 2.75) is 32.6 Å². The summed E-state index contributed by atoms with van der Waals surface area (Å²) in [5.41, 5.74) is 1.10. The topological polar surface area (TPSA) is 67.4 Å². The molecular formula is C17H24N2O3. The van der Waals surface area contributed by atoms with E-state index in [1.165, 1.54) is 0 Å². The van der Waals surface area contributed by atoms with Gasteiger partial charge in [0.25, 0.3) is 0 Å². The minimum absolute atomic E-state index is 0.000425. The average molecular weight is 304 g/mol. The van der Waals surface area contributed by atoms with Crippen LogP contribution in [0.5, 0.6) is 0 Å². The van der Waals surface area contributed by atoms with E-state index in [1.54, 1.807) is 31.2 Å². The largest absolute Gasteiger partial charge is 0.462 e. The maximum atomic E-state index is 12.0. The molecule has 2 rings (SSSR count). The lowest BCUT2D eigenvalue weighted by molar-refractivity contribution is -0.116. The molecule has 22 heavy (non-hydrogen) atoms. The van der Waals surface area contributed by atoms with Crippen LogP contribution in [0, 0.1) is 5.92 Å². The quantitative estimate of drug-likeness (QED) is 0.793. The van der Waals surface area contributed by atoms with E-state index in [0.717, 1.165) is 32.4 Å². The maximum absolute atomic E-state index is 12.0. The zero-order valence-corrected chi connectivity index (χ0v) is 13.1. The Labute approximate surface area is 131 Å². The molecule has 1 fully saturated rings. The zero-order valence-electron chi connectivity index (χ0n) is 13.1. The summed E-state index contributed by atoms with van der Waals surface area (Å²) in [5.74, 6) is 0.269. The second-order valence-electron chi connectivity index (χ2n) is 5.58. The average Bonchev–Trinajstić information content (AvgIpc) is 2.54. The molecule has 5 heteroatoms. The van der Waals surface area contributed by atoms with Gasteiger partial charge in [0.2, 0.25) is 5.91 Å². The fourth-order valence-electron chi connectivity index (χ4n) is 2.67. The Kier molecular flexibility index (Phi) is 6.40. The van der Waals surface area contributed by atoms with Crippen molar-refractivity contribution in [3.63, 3.8) is 0 Å². The summed E-state index contributed by atoms with van der Waals surface area (Å²) in [6.07, 6.45) is 3.73. The van der Waals surface area contributed by atoms with Crippen LogP contribution < -0.4 is 10.6 Å². The van der Waals surface area contributed by atoms with Crippen LogP contribution in [0.1, 0.15) is 43.0 Å². The molecule has 1 aromatic rings. The molecule has 1 aliphatic heterocycles. The van der Waals surface area contributed by atoms with E-state index in [9.17, 15) is 9.59 Å². The van der Waals surface area contributed by atoms with Crippen LogP contribution in [0.2, 0.25) is 0 Å². The number of hydrogen-bond donors (Lipinski definition) is 2. The minimum atomic E-state index is -0.367. The number of amides is 1. The summed E-state index contributed by atoms with van der Waals surface area (Å²) in [6, 6.07) is 6.86. The van der Waals surface area contributed by atoms with Gasteiger partial charge < -0.3 is 15.4 Å². The lowest BCUT2D eigenvalue weighted by Crippen LogP contribution is -2.28. The van der Waals surface area contributed by atoms with E-state index >= 15 is 0 Å². The third-order valence-electron chi connectivity index (χ3n) is 3.90. The van der Waals surface area contributed by atoms with Gasteiger partial charge in [-0.25, -0.2) is 4.79 Å². The van der Waals surface area contributed by atoms with Crippen molar-refractivity contribution in [1.82, 2.24) is 5.32 Å². The number of nitrogens with one attached hydrogen (secondary N) is 2. The summed E-state index contributed by atoms with van der Waals surface area (Å²) >= 11 is 0. The van der Waals surface area contributed by atoms with Gasteiger partial charge in [0.15, 0.2) is 0 Å². The summed E-state index contributed by atoms with van der Waals surface area (Å²) in [7, 11) is 0. The van der Waals surface area contributed by atoms with E-state index < -0.39 is 0 Å². The van der Waals surface area contributed by atoms with Crippen molar-refractivity contribution in [1.29, 1.82) is 0 Å². The monoisotopic (exact) mass is 304 g/mol. The Morgan fingerprint density at radius 2 is 2.09 bits per heavy atom. The lowest BCUT2D eigenvalue weighted by Gasteiger charge is -2.22. The van der Waals surface area contributed by atoms with Gasteiger partial charge in [-0.3, -0.25) is 4.79 Å². The van der Waals surface area contributed by atoms with Crippen molar-refractivity contribution in [3.05, 3.63) is 29.8 Å². The molecule has 120 valence electrons. The highest BCUT2D eigenvalue weighted by molar-refractivity contribution is 5.94. The van der Waals surface area contributed by atoms with E-state index in [4.69, 9.17) is 4.74 Å². The van der Waals surface area contributed by atoms with Crippen LogP contribution in [-0.2, 0) is 9.53 Å². The van der Waals surface area contributed by atoms with Crippen molar-refractivity contribution >= 4 is 17.6 Å². The van der Waals surface area contributed by atoms with Crippen molar-refractivity contribution in [3.8, 4) is 0 Å². The molecular weight excluding hydrogens is 280 g/mol. The molecule has 0 bridgehead atoms. The summed E-state index contributed by atoms with van der Waals surface area (Å²) in [6.45, 7) is 4.21. The van der Waals surface area contributed by atoms with Crippen molar-refractivity contribution in [2.75, 3.05) is 25.0 Å². The van der Waals surface area contributed by atoms with E-state index in [0.29, 0.717) is 30.2 Å². The molecule has 0 radical (unpaired) electrons. The Balaban J connectivity index is 1.83. The predicted molar refractivity (Wildman–Crippen MR) is 85.9 cm³/mol. The van der Waals surface area contributed by atoms with E-state index in [2.05, 4.69) is 10.6 Å². The maximum Gasteiger partial charge on any atom is 0.338 e. The Hall–Kier alpha value is -1.88. The Bertz CT molecular complexity index is 510. The van der Waals surface area contributed by atoms with Gasteiger partial charge in [0, 0.05) is 12.1 Å². The first-order valence-corrected chi connectivity index (χ1v) is 7.96. The summed E-state index contributed by atoms with van der Waals surface area (Å²) < 4.78 is 4.96. The summed E-state index contributed by atoms with van der Waals surface area (Å²) in [4.78, 5) is 23.7. The molecule has 1 saturated heterocycles. The second-order valence-corrected chi connectivity index (χ2v) is 5.58. The number of piperidine rings is 1. The normalized spacial score (nSPS) is 15.3. The zero-order chi connectivity index (χ0) is 15.8. The first-order chi connectivity index (χ1) is 10.7. The Morgan fingerprint density at radius 3 is 2.82 bits per heavy atom. The smallest absolute Gasteiger partial charge is 0.338 e. The fourth-order valence-corrected chi connectivity index (χ4v) is 2.67. The molecule has 5 nitrogen and oxygen atoms in total. The molecule has 0 unspecified atom stereocenters. The van der Waals surface area contributed by atoms with Crippen molar-refractivity contribution in [2.24, 2.45) is 5.92 Å². The lowest BCUT2D eigenvalue weighted by atomic mass is 9.93. The third kappa shape index (κ3) is 5.15. The van der Waals surface area contributed by atoms with Crippen LogP contribution in [0.25, 0.3) is 0 Å². The third-order valence-corrected chi connectivity index (χ3v) is 3.90. The van der Waals surface area contributed by atoms with Crippen LogP contribution >= 0.6 is 0 Å². The highest BCUT2D eigenvalue weighted by atomic mass is 16.5. The molecule has 0 aliphatic carbocycles. The molecule has 0 aromatic heterocycles. The highest BCUT2D eigenvalue weighted by Crippen LogP contribution is 2.18. The number of benzene rings is 1. The standard InChI is InChI=1S/C17H24N2O3/c1-2-22-17(21)14-4-3-5-15(12-14)19-16(20)7-6-13-8-10-18-11-9-13/h3-5,12-13,18H,2,6-11H2,1H3,(H,19,20). The molecule has 2 N–H and O–H groups in total. The second kappa shape index (κ2) is 8.54. The SMILES string of the molecule is CCOC(=O)c1cccc(NC(=O)CCC2CCNCC2)c1. The number of ether oxygens (including phenoxy) is 1. The van der Waals surface area contributed by atoms with Crippen LogP contribution in [0.3, 0.4) is 0 Å². The van der Waals surface area contributed by atoms with Gasteiger partial charge in [-0.1, -0.05) is 6.07 Å². The number of rotatable bonds is 6. The number of carbonyl (C=O) groups is 2. The van der Waals surface area contributed by atoms with Gasteiger partial charge in [0.1, 0.15) is 0 Å². The number of hydrogen-bond acceptors (Lipinski definition) is 4. The Morgan fingerprint density at radius 1 is 1.32 bits per heavy atom. The molecule has 0 atom stereocenters. The predicted octanol–water partition coefficient (Wildman–Crippen LogP) is 2.58. The summed E-state index contributed by atoms with van der Waals surface area (Å²) in [5, 5.41) is 6.18. The molecule has 1 heterocycles. The van der Waals surface area contributed by atoms with Gasteiger partial charge >= 0.3 is 5.97 Å². The van der Waals surface area contributed by atoms with Crippen LogP contribution in [0.15, 0.2) is 24.3 Å². The number of anilines is 1. The van der Waals surface area contributed by atoms with Gasteiger partial charge in [-0.15, -0.1) is 0 Å². The molecule has 1 aromatic carbocycles. The van der Waals surface area contributed by atoms with Gasteiger partial charge in [-0.05, 0) is 63.4 Å². The van der Waals surface area contributed by atoms with Gasteiger partial charge in [0.05, 0.1) is 12.2 Å². The highest BCUT2D eigenvalue weighted by Gasteiger charge is 2.15. The number of esters is 1. The van der Waals surface area contributed by atoms with E-state index in [-0.39, 0.29) is 11.9 Å². The first kappa shape index (κ1) is 16.5. The van der Waals surface area contributed by atoms with E-state index in [1.807, 2.05) is 0 Å². The molecule has 0 saturated carbocycles. The molecule has 0 spiro atoms. The molecule has 1 aliphatic rings. The van der Waals surface area contributed by atoms with Crippen molar-refractivity contribution < 1.29 is 14.3 Å².